The molecule has 19 nitrogen and oxygen atoms in total. The fourth-order valence-electron chi connectivity index (χ4n) is 13.5. The Balaban J connectivity index is 0.000000124. The molecule has 8 heterocycles. The third-order valence-electron chi connectivity index (χ3n) is 18.0. The highest BCUT2D eigenvalue weighted by molar-refractivity contribution is 5.76. The number of H-pyrrole nitrogens is 3. The molecule has 0 fully saturated rings. The van der Waals surface area contributed by atoms with Crippen LogP contribution in [0, 0.1) is 0 Å². The quantitative estimate of drug-likeness (QED) is 0.0396. The molecule has 0 bridgehead atoms. The zero-order valence-electron chi connectivity index (χ0n) is 50.9. The van der Waals surface area contributed by atoms with Gasteiger partial charge >= 0.3 is 0 Å². The van der Waals surface area contributed by atoms with Gasteiger partial charge in [0.1, 0.15) is 29.0 Å². The molecule has 4 aromatic carbocycles. The van der Waals surface area contributed by atoms with Crippen LogP contribution < -0.4 is 22.9 Å². The van der Waals surface area contributed by atoms with Gasteiger partial charge in [-0.25, -0.2) is 19.9 Å². The third-order valence-corrected chi connectivity index (χ3v) is 18.0. The molecule has 0 radical (unpaired) electrons. The molecule has 8 aromatic heterocycles. The summed E-state index contributed by atoms with van der Waals surface area (Å²) in [7, 11) is 0. The van der Waals surface area contributed by atoms with Crippen molar-refractivity contribution in [1.82, 2.24) is 64.5 Å². The zero-order valence-corrected chi connectivity index (χ0v) is 50.9. The van der Waals surface area contributed by atoms with E-state index in [2.05, 4.69) is 95.3 Å². The highest BCUT2D eigenvalue weighted by Gasteiger charge is 2.32. The van der Waals surface area contributed by atoms with Crippen molar-refractivity contribution in [2.24, 2.45) is 22.9 Å². The number of oxazole rings is 1. The summed E-state index contributed by atoms with van der Waals surface area (Å²) in [5, 5.41) is 0. The SMILES string of the molecule is NCc1ccc(CN(Cc2nc3ccccc3[nH]2)C2CCCc3cccnc32)c(CN)c1.NCc1ccoc1CN(Cc1nc2ccccc2[nH]1)C1CCCc2cccnc21.NCc1ncoc1CN(Cc1nc2ccccc2[nH]1)C1CCCc2cccnc21. The number of imidazole rings is 3. The number of hydrogen-bond acceptors (Lipinski definition) is 16. The summed E-state index contributed by atoms with van der Waals surface area (Å²) in [5.41, 5.74) is 42.8. The number of aromatic nitrogens is 10. The first-order valence-corrected chi connectivity index (χ1v) is 31.6. The molecule has 0 amide bonds. The van der Waals surface area contributed by atoms with Crippen LogP contribution in [0.25, 0.3) is 33.1 Å². The molecule has 3 aliphatic carbocycles. The van der Waals surface area contributed by atoms with E-state index in [1.54, 1.807) is 6.26 Å². The zero-order chi connectivity index (χ0) is 61.2. The van der Waals surface area contributed by atoms with E-state index in [1.807, 2.05) is 91.4 Å². The number of rotatable bonds is 19. The van der Waals surface area contributed by atoms with Crippen molar-refractivity contribution >= 4 is 33.1 Å². The molecule has 0 spiro atoms. The first-order valence-electron chi connectivity index (χ1n) is 31.6. The average Bonchev–Trinajstić information content (AvgIpc) is 1.60. The van der Waals surface area contributed by atoms with Crippen molar-refractivity contribution < 1.29 is 8.83 Å². The second-order valence-corrected chi connectivity index (χ2v) is 23.7. The summed E-state index contributed by atoms with van der Waals surface area (Å²) in [5.74, 6) is 4.60. The van der Waals surface area contributed by atoms with Crippen LogP contribution in [0.4, 0.5) is 0 Å². The van der Waals surface area contributed by atoms with Crippen molar-refractivity contribution in [3.8, 4) is 0 Å². The van der Waals surface area contributed by atoms with Crippen LogP contribution in [0.1, 0.15) is 147 Å². The summed E-state index contributed by atoms with van der Waals surface area (Å²) in [6.07, 6.45) is 18.8. The fraction of sp³-hybridized carbons (Fsp3) is 0.310. The van der Waals surface area contributed by atoms with E-state index in [0.717, 1.165) is 161 Å². The number of nitrogens with one attached hydrogen (secondary N) is 3. The van der Waals surface area contributed by atoms with Gasteiger partial charge in [-0.1, -0.05) is 72.8 Å². The summed E-state index contributed by atoms with van der Waals surface area (Å²) in [4.78, 5) is 50.7. The van der Waals surface area contributed by atoms with E-state index in [9.17, 15) is 0 Å². The molecule has 0 saturated carbocycles. The molecule has 0 saturated heterocycles. The number of hydrogen-bond donors (Lipinski definition) is 7. The number of benzene rings is 4. The molecule has 11 N–H and O–H groups in total. The molecule has 3 atom stereocenters. The predicted octanol–water partition coefficient (Wildman–Crippen LogP) is 11.5. The number of aromatic amines is 3. The van der Waals surface area contributed by atoms with Crippen molar-refractivity contribution in [2.45, 2.75) is 141 Å². The summed E-state index contributed by atoms with van der Waals surface area (Å²) < 4.78 is 11.5. The lowest BCUT2D eigenvalue weighted by Gasteiger charge is -2.35. The topological polar surface area (TPSA) is 278 Å². The number of nitrogens with two attached hydrogens (primary N) is 4. The Bertz CT molecular complexity index is 4040. The summed E-state index contributed by atoms with van der Waals surface area (Å²) in [6, 6.07) is 46.2. The molecule has 460 valence electrons. The number of para-hydroxylation sites is 6. The van der Waals surface area contributed by atoms with Crippen molar-refractivity contribution in [2.75, 3.05) is 0 Å². The van der Waals surface area contributed by atoms with Crippen molar-refractivity contribution in [3.63, 3.8) is 0 Å². The molecule has 12 aromatic rings. The molecule has 15 rings (SSSR count). The van der Waals surface area contributed by atoms with Crippen LogP contribution in [0.2, 0.25) is 0 Å². The Morgan fingerprint density at radius 3 is 1.31 bits per heavy atom. The first kappa shape index (κ1) is 59.9. The number of fused-ring (bicyclic) bond motifs is 6. The van der Waals surface area contributed by atoms with E-state index in [1.165, 1.54) is 40.0 Å². The third kappa shape index (κ3) is 13.6. The lowest BCUT2D eigenvalue weighted by Crippen LogP contribution is -2.32. The smallest absolute Gasteiger partial charge is 0.181 e. The van der Waals surface area contributed by atoms with Gasteiger partial charge in [-0.15, -0.1) is 0 Å². The van der Waals surface area contributed by atoms with Gasteiger partial charge in [0, 0.05) is 56.9 Å². The molecule has 3 unspecified atom stereocenters. The maximum absolute atomic E-state index is 6.12. The Morgan fingerprint density at radius 1 is 0.411 bits per heavy atom. The second kappa shape index (κ2) is 28.2. The predicted molar refractivity (Wildman–Crippen MR) is 349 cm³/mol. The Kier molecular flexibility index (Phi) is 18.8. The molecule has 3 aliphatic rings. The number of pyridine rings is 3. The molecule has 19 heteroatoms. The van der Waals surface area contributed by atoms with Crippen LogP contribution in [0.5, 0.6) is 0 Å². The highest BCUT2D eigenvalue weighted by atomic mass is 16.3. The normalized spacial score (nSPS) is 16.2. The minimum absolute atomic E-state index is 0.198. The van der Waals surface area contributed by atoms with Gasteiger partial charge in [-0.05, 0) is 152 Å². The second-order valence-electron chi connectivity index (χ2n) is 23.7. The standard InChI is InChI=1S/C26H30N6.C23H25N5O.C22H24N6O/c27-14-18-10-11-20(21(13-18)15-28)16-32(17-25-30-22-7-1-2-8-23(22)31-25)24-9-3-5-19-6-4-12-29-26(19)24;24-13-17-10-12-29-21(17)14-28(15-22-26-18-7-1-2-8-19(18)27-22)20-9-3-5-16-6-4-11-25-23(16)20;23-11-18-20(29-14-25-18)12-28(13-21-26-16-7-1-2-8-17(16)27-21)19-9-3-5-15-6-4-10-24-22(15)19/h1-2,4,6-8,10-13,24H,3,5,9,14-17,27-28H2,(H,30,31);1-2,4,6-8,10-12,20H,3,5,9,13-15,24H2,(H,26,27);1-2,4,6-8,10,14,19H,3,5,9,11-13,23H2,(H,26,27). The van der Waals surface area contributed by atoms with Crippen LogP contribution >= 0.6 is 0 Å². The first-order chi connectivity index (χ1) is 44.4. The van der Waals surface area contributed by atoms with Crippen LogP contribution in [0.3, 0.4) is 0 Å². The summed E-state index contributed by atoms with van der Waals surface area (Å²) >= 11 is 0. The van der Waals surface area contributed by atoms with Crippen molar-refractivity contribution in [1.29, 1.82) is 0 Å². The number of furan rings is 1. The maximum atomic E-state index is 6.12. The van der Waals surface area contributed by atoms with Crippen LogP contribution in [-0.2, 0) is 84.7 Å². The van der Waals surface area contributed by atoms with E-state index < -0.39 is 0 Å². The number of aryl methyl sites for hydroxylation is 3. The van der Waals surface area contributed by atoms with Gasteiger partial charge in [0.05, 0.1) is 113 Å². The van der Waals surface area contributed by atoms with E-state index in [4.69, 9.17) is 61.7 Å². The fourth-order valence-corrected chi connectivity index (χ4v) is 13.5. The van der Waals surface area contributed by atoms with Crippen molar-refractivity contribution in [3.05, 3.63) is 255 Å². The average molecular weight is 1200 g/mol. The van der Waals surface area contributed by atoms with E-state index in [-0.39, 0.29) is 18.1 Å². The molecule has 90 heavy (non-hydrogen) atoms. The minimum Gasteiger partial charge on any atom is -0.468 e. The minimum atomic E-state index is 0.198. The molecule has 0 aliphatic heterocycles. The Morgan fingerprint density at radius 2 is 0.867 bits per heavy atom. The van der Waals surface area contributed by atoms with Crippen LogP contribution in [0.15, 0.2) is 174 Å². The van der Waals surface area contributed by atoms with Gasteiger partial charge in [-0.3, -0.25) is 29.7 Å². The van der Waals surface area contributed by atoms with Crippen LogP contribution in [-0.4, -0.2) is 64.5 Å². The summed E-state index contributed by atoms with van der Waals surface area (Å²) in [6.45, 7) is 6.03. The van der Waals surface area contributed by atoms with Gasteiger partial charge in [0.25, 0.3) is 0 Å². The lowest BCUT2D eigenvalue weighted by atomic mass is 9.90. The lowest BCUT2D eigenvalue weighted by molar-refractivity contribution is 0.141. The Hall–Kier alpha value is -9.05. The Labute approximate surface area is 523 Å². The number of nitrogens with zero attached hydrogens (tertiary/aromatic N) is 10. The monoisotopic (exact) mass is 1200 g/mol. The van der Waals surface area contributed by atoms with Gasteiger partial charge in [0.15, 0.2) is 6.39 Å². The maximum Gasteiger partial charge on any atom is 0.181 e. The van der Waals surface area contributed by atoms with E-state index >= 15 is 0 Å². The molecular formula is C71H79N17O2. The largest absolute Gasteiger partial charge is 0.468 e. The molecular weight excluding hydrogens is 1120 g/mol. The van der Waals surface area contributed by atoms with E-state index in [0.29, 0.717) is 52.4 Å². The van der Waals surface area contributed by atoms with Gasteiger partial charge in [-0.2, -0.15) is 0 Å². The van der Waals surface area contributed by atoms with Gasteiger partial charge in [0.2, 0.25) is 0 Å². The highest BCUT2D eigenvalue weighted by Crippen LogP contribution is 2.38. The van der Waals surface area contributed by atoms with Gasteiger partial charge < -0.3 is 46.7 Å².